The highest BCUT2D eigenvalue weighted by atomic mass is 35.5. The van der Waals surface area contributed by atoms with Crippen LogP contribution in [0.25, 0.3) is 0 Å². The van der Waals surface area contributed by atoms with Gasteiger partial charge in [-0.15, -0.1) is 0 Å². The predicted octanol–water partition coefficient (Wildman–Crippen LogP) is 0.448. The van der Waals surface area contributed by atoms with Crippen molar-refractivity contribution in [1.29, 1.82) is 0 Å². The molecule has 0 fully saturated rings. The van der Waals surface area contributed by atoms with Gasteiger partial charge in [-0.3, -0.25) is 15.0 Å². The Balaban J connectivity index is 2.65. The second kappa shape index (κ2) is 5.48. The van der Waals surface area contributed by atoms with Crippen LogP contribution < -0.4 is 16.6 Å². The van der Waals surface area contributed by atoms with Gasteiger partial charge in [0.15, 0.2) is 0 Å². The van der Waals surface area contributed by atoms with E-state index in [2.05, 4.69) is 5.32 Å². The van der Waals surface area contributed by atoms with E-state index in [0.717, 1.165) is 0 Å². The summed E-state index contributed by atoms with van der Waals surface area (Å²) >= 11 is 5.68. The van der Waals surface area contributed by atoms with E-state index >= 15 is 0 Å². The average molecular weight is 242 g/mol. The monoisotopic (exact) mass is 241 g/mol. The molecular formula is C10H12ClN3O2. The predicted molar refractivity (Wildman–Crippen MR) is 60.7 cm³/mol. The summed E-state index contributed by atoms with van der Waals surface area (Å²) < 4.78 is 0. The summed E-state index contributed by atoms with van der Waals surface area (Å²) in [5, 5.41) is 3.04. The Morgan fingerprint density at radius 1 is 1.31 bits per heavy atom. The van der Waals surface area contributed by atoms with Crippen LogP contribution in [-0.2, 0) is 4.79 Å². The quantitative estimate of drug-likeness (QED) is 0.408. The van der Waals surface area contributed by atoms with E-state index in [1.165, 1.54) is 6.92 Å². The molecule has 0 unspecified atom stereocenters. The molecule has 0 aliphatic rings. The number of amides is 2. The van der Waals surface area contributed by atoms with Crippen molar-refractivity contribution in [3.8, 4) is 0 Å². The van der Waals surface area contributed by atoms with Gasteiger partial charge in [0, 0.05) is 10.6 Å². The molecule has 1 aromatic rings. The zero-order valence-corrected chi connectivity index (χ0v) is 9.41. The van der Waals surface area contributed by atoms with Gasteiger partial charge < -0.3 is 5.32 Å². The molecule has 0 saturated carbocycles. The fraction of sp³-hybridized carbons (Fsp3) is 0.200. The number of rotatable bonds is 3. The van der Waals surface area contributed by atoms with Gasteiger partial charge >= 0.3 is 0 Å². The lowest BCUT2D eigenvalue weighted by Crippen LogP contribution is -2.47. The molecule has 6 heteroatoms. The van der Waals surface area contributed by atoms with E-state index in [1.54, 1.807) is 24.3 Å². The number of hydrogen-bond acceptors (Lipinski definition) is 3. The van der Waals surface area contributed by atoms with Crippen LogP contribution in [0.3, 0.4) is 0 Å². The fourth-order valence-corrected chi connectivity index (χ4v) is 1.20. The largest absolute Gasteiger partial charge is 0.340 e. The van der Waals surface area contributed by atoms with Crippen molar-refractivity contribution in [2.24, 2.45) is 5.84 Å². The summed E-state index contributed by atoms with van der Waals surface area (Å²) in [7, 11) is 0. The highest BCUT2D eigenvalue weighted by Crippen LogP contribution is 2.09. The van der Waals surface area contributed by atoms with Crippen molar-refractivity contribution in [3.05, 3.63) is 34.9 Å². The smallest absolute Gasteiger partial charge is 0.256 e. The van der Waals surface area contributed by atoms with Crippen molar-refractivity contribution in [2.75, 3.05) is 0 Å². The molecule has 1 aromatic carbocycles. The number of hydrazine groups is 1. The lowest BCUT2D eigenvalue weighted by molar-refractivity contribution is -0.122. The van der Waals surface area contributed by atoms with Gasteiger partial charge in [0.1, 0.15) is 6.04 Å². The first kappa shape index (κ1) is 12.5. The number of nitrogens with one attached hydrogen (secondary N) is 2. The van der Waals surface area contributed by atoms with Crippen molar-refractivity contribution in [2.45, 2.75) is 13.0 Å². The van der Waals surface area contributed by atoms with E-state index in [4.69, 9.17) is 17.4 Å². The summed E-state index contributed by atoms with van der Waals surface area (Å²) in [5.41, 5.74) is 2.39. The van der Waals surface area contributed by atoms with Gasteiger partial charge in [0.25, 0.3) is 11.8 Å². The Morgan fingerprint density at radius 2 is 1.88 bits per heavy atom. The third kappa shape index (κ3) is 3.22. The van der Waals surface area contributed by atoms with Crippen LogP contribution in [0, 0.1) is 0 Å². The minimum Gasteiger partial charge on any atom is -0.340 e. The van der Waals surface area contributed by atoms with Gasteiger partial charge in [0.05, 0.1) is 0 Å². The molecule has 0 heterocycles. The van der Waals surface area contributed by atoms with Gasteiger partial charge in [-0.05, 0) is 31.2 Å². The average Bonchev–Trinajstić information content (AvgIpc) is 2.28. The number of nitrogens with two attached hydrogens (primary N) is 1. The molecule has 0 aliphatic heterocycles. The highest BCUT2D eigenvalue weighted by molar-refractivity contribution is 6.30. The van der Waals surface area contributed by atoms with Crippen LogP contribution in [0.15, 0.2) is 24.3 Å². The maximum Gasteiger partial charge on any atom is 0.256 e. The molecule has 0 saturated heterocycles. The molecule has 16 heavy (non-hydrogen) atoms. The summed E-state index contributed by atoms with van der Waals surface area (Å²) in [6.45, 7) is 1.54. The summed E-state index contributed by atoms with van der Waals surface area (Å²) in [6.07, 6.45) is 0. The Labute approximate surface area is 97.9 Å². The normalized spacial score (nSPS) is 11.7. The van der Waals surface area contributed by atoms with Gasteiger partial charge in [-0.1, -0.05) is 11.6 Å². The van der Waals surface area contributed by atoms with E-state index in [0.29, 0.717) is 10.6 Å². The minimum atomic E-state index is -0.687. The van der Waals surface area contributed by atoms with E-state index in [9.17, 15) is 9.59 Å². The number of halogens is 1. The third-order valence-corrected chi connectivity index (χ3v) is 2.24. The molecule has 2 amide bonds. The molecule has 0 radical (unpaired) electrons. The first-order valence-corrected chi connectivity index (χ1v) is 4.99. The zero-order chi connectivity index (χ0) is 12.1. The molecule has 1 rings (SSSR count). The van der Waals surface area contributed by atoms with Crippen molar-refractivity contribution >= 4 is 23.4 Å². The van der Waals surface area contributed by atoms with Crippen LogP contribution in [0.5, 0.6) is 0 Å². The molecule has 0 bridgehead atoms. The topological polar surface area (TPSA) is 84.2 Å². The lowest BCUT2D eigenvalue weighted by atomic mass is 10.2. The molecule has 0 aliphatic carbocycles. The Hall–Kier alpha value is -1.59. The number of benzene rings is 1. The third-order valence-electron chi connectivity index (χ3n) is 1.99. The second-order valence-electron chi connectivity index (χ2n) is 3.21. The van der Waals surface area contributed by atoms with Gasteiger partial charge in [0.2, 0.25) is 0 Å². The van der Waals surface area contributed by atoms with Crippen LogP contribution >= 0.6 is 11.6 Å². The molecule has 86 valence electrons. The first-order chi connectivity index (χ1) is 7.54. The van der Waals surface area contributed by atoms with Crippen molar-refractivity contribution < 1.29 is 9.59 Å². The Kier molecular flexibility index (Phi) is 4.28. The number of hydrogen-bond donors (Lipinski definition) is 3. The van der Waals surface area contributed by atoms with E-state index in [-0.39, 0.29) is 5.91 Å². The second-order valence-corrected chi connectivity index (χ2v) is 3.65. The molecule has 4 N–H and O–H groups in total. The Bertz CT molecular complexity index is 392. The number of carbonyl (C=O) groups is 2. The molecule has 0 aromatic heterocycles. The van der Waals surface area contributed by atoms with Crippen molar-refractivity contribution in [3.63, 3.8) is 0 Å². The zero-order valence-electron chi connectivity index (χ0n) is 8.66. The SMILES string of the molecule is C[C@@H](NC(=O)c1ccc(Cl)cc1)C(=O)NN. The van der Waals surface area contributed by atoms with Gasteiger partial charge in [-0.25, -0.2) is 5.84 Å². The van der Waals surface area contributed by atoms with Crippen LogP contribution in [0.4, 0.5) is 0 Å². The summed E-state index contributed by atoms with van der Waals surface area (Å²) in [5.74, 6) is 4.13. The summed E-state index contributed by atoms with van der Waals surface area (Å²) in [4.78, 5) is 22.7. The fourth-order valence-electron chi connectivity index (χ4n) is 1.07. The number of carbonyl (C=O) groups excluding carboxylic acids is 2. The minimum absolute atomic E-state index is 0.354. The van der Waals surface area contributed by atoms with Gasteiger partial charge in [-0.2, -0.15) is 0 Å². The van der Waals surface area contributed by atoms with Crippen LogP contribution in [0.2, 0.25) is 5.02 Å². The maximum absolute atomic E-state index is 11.6. The summed E-state index contributed by atoms with van der Waals surface area (Å²) in [6, 6.07) is 5.66. The molecule has 1 atom stereocenters. The maximum atomic E-state index is 11.6. The van der Waals surface area contributed by atoms with E-state index < -0.39 is 11.9 Å². The Morgan fingerprint density at radius 3 is 2.38 bits per heavy atom. The first-order valence-electron chi connectivity index (χ1n) is 4.61. The molecular weight excluding hydrogens is 230 g/mol. The van der Waals surface area contributed by atoms with Crippen LogP contribution in [-0.4, -0.2) is 17.9 Å². The molecule has 0 spiro atoms. The van der Waals surface area contributed by atoms with Crippen LogP contribution in [0.1, 0.15) is 17.3 Å². The van der Waals surface area contributed by atoms with Crippen molar-refractivity contribution in [1.82, 2.24) is 10.7 Å². The highest BCUT2D eigenvalue weighted by Gasteiger charge is 2.15. The van der Waals surface area contributed by atoms with E-state index in [1.807, 2.05) is 5.43 Å². The standard InChI is InChI=1S/C10H12ClN3O2/c1-6(9(15)14-12)13-10(16)7-2-4-8(11)5-3-7/h2-6H,12H2,1H3,(H,13,16)(H,14,15)/t6-/m1/s1. The lowest BCUT2D eigenvalue weighted by Gasteiger charge is -2.11. The molecule has 5 nitrogen and oxygen atoms in total.